The van der Waals surface area contributed by atoms with Gasteiger partial charge in [0.05, 0.1) is 18.0 Å². The van der Waals surface area contributed by atoms with Gasteiger partial charge in [0, 0.05) is 23.5 Å². The molecular weight excluding hydrogens is 266 g/mol. The molecule has 18 heavy (non-hydrogen) atoms. The number of thiophene rings is 1. The number of rotatable bonds is 6. The fraction of sp³-hybridized carbons (Fsp3) is 0.462. The lowest BCUT2D eigenvalue weighted by atomic mass is 10.4. The molecule has 0 saturated heterocycles. The maximum absolute atomic E-state index is 11.4. The molecule has 5 heteroatoms. The highest BCUT2D eigenvalue weighted by Crippen LogP contribution is 2.15. The first kappa shape index (κ1) is 15.1. The summed E-state index contributed by atoms with van der Waals surface area (Å²) in [7, 11) is 0. The molecule has 1 aromatic rings. The zero-order valence-electron chi connectivity index (χ0n) is 10.4. The van der Waals surface area contributed by atoms with Crippen LogP contribution in [0.25, 0.3) is 0 Å². The molecule has 0 radical (unpaired) electrons. The summed E-state index contributed by atoms with van der Waals surface area (Å²) in [5.74, 6) is 6.80. The summed E-state index contributed by atoms with van der Waals surface area (Å²) in [4.78, 5) is 13.5. The van der Waals surface area contributed by atoms with E-state index < -0.39 is 0 Å². The number of hydrogen-bond acceptors (Lipinski definition) is 4. The molecule has 0 spiro atoms. The molecule has 98 valence electrons. The molecule has 1 heterocycles. The van der Waals surface area contributed by atoms with E-state index in [4.69, 9.17) is 5.11 Å². The molecule has 0 fully saturated rings. The molecule has 1 amide bonds. The van der Waals surface area contributed by atoms with E-state index in [1.807, 2.05) is 18.4 Å². The SMILES string of the molecule is CSCCC(=O)NCc1ccc(C#CCCO)s1. The van der Waals surface area contributed by atoms with Crippen molar-refractivity contribution < 1.29 is 9.90 Å². The summed E-state index contributed by atoms with van der Waals surface area (Å²) >= 11 is 3.24. The molecule has 2 N–H and O–H groups in total. The van der Waals surface area contributed by atoms with E-state index in [1.54, 1.807) is 23.1 Å². The van der Waals surface area contributed by atoms with E-state index in [0.717, 1.165) is 15.5 Å². The van der Waals surface area contributed by atoms with E-state index in [1.165, 1.54) is 0 Å². The van der Waals surface area contributed by atoms with Crippen molar-refractivity contribution >= 4 is 29.0 Å². The second kappa shape index (κ2) is 9.03. The van der Waals surface area contributed by atoms with Crippen molar-refractivity contribution in [3.05, 3.63) is 21.9 Å². The average molecular weight is 283 g/mol. The van der Waals surface area contributed by atoms with Gasteiger partial charge in [0.15, 0.2) is 0 Å². The van der Waals surface area contributed by atoms with Crippen molar-refractivity contribution in [1.29, 1.82) is 0 Å². The van der Waals surface area contributed by atoms with Crippen LogP contribution >= 0.6 is 23.1 Å². The highest BCUT2D eigenvalue weighted by molar-refractivity contribution is 7.98. The Hall–Kier alpha value is -0.960. The Morgan fingerprint density at radius 1 is 1.56 bits per heavy atom. The summed E-state index contributed by atoms with van der Waals surface area (Å²) in [6, 6.07) is 3.92. The first-order chi connectivity index (χ1) is 8.76. The minimum Gasteiger partial charge on any atom is -0.395 e. The highest BCUT2D eigenvalue weighted by atomic mass is 32.2. The maximum Gasteiger partial charge on any atom is 0.221 e. The van der Waals surface area contributed by atoms with Gasteiger partial charge in [-0.2, -0.15) is 11.8 Å². The zero-order chi connectivity index (χ0) is 13.2. The monoisotopic (exact) mass is 283 g/mol. The Bertz CT molecular complexity index is 432. The van der Waals surface area contributed by atoms with Gasteiger partial charge >= 0.3 is 0 Å². The van der Waals surface area contributed by atoms with Crippen LogP contribution < -0.4 is 5.32 Å². The fourth-order valence-electron chi connectivity index (χ4n) is 1.21. The lowest BCUT2D eigenvalue weighted by Gasteiger charge is -2.01. The minimum absolute atomic E-state index is 0.0886. The van der Waals surface area contributed by atoms with Gasteiger partial charge in [-0.15, -0.1) is 11.3 Å². The van der Waals surface area contributed by atoms with Gasteiger partial charge in [0.2, 0.25) is 5.91 Å². The number of amides is 1. The standard InChI is InChI=1S/C13H17NO2S2/c1-17-9-7-13(16)14-10-12-6-5-11(18-12)4-2-3-8-15/h5-6,15H,3,7-10H2,1H3,(H,14,16). The van der Waals surface area contributed by atoms with Gasteiger partial charge in [-0.05, 0) is 18.4 Å². The van der Waals surface area contributed by atoms with E-state index >= 15 is 0 Å². The van der Waals surface area contributed by atoms with Crippen LogP contribution in [0, 0.1) is 11.8 Å². The third-order valence-corrected chi connectivity index (χ3v) is 3.72. The molecule has 1 rings (SSSR count). The minimum atomic E-state index is 0.0886. The van der Waals surface area contributed by atoms with Crippen LogP contribution in [0.15, 0.2) is 12.1 Å². The van der Waals surface area contributed by atoms with Crippen LogP contribution in [-0.2, 0) is 11.3 Å². The van der Waals surface area contributed by atoms with Gasteiger partial charge in [-0.25, -0.2) is 0 Å². The predicted octanol–water partition coefficient (Wildman–Crippen LogP) is 1.85. The number of carbonyl (C=O) groups excluding carboxylic acids is 1. The van der Waals surface area contributed by atoms with Crippen LogP contribution in [0.2, 0.25) is 0 Å². The van der Waals surface area contributed by atoms with E-state index in [9.17, 15) is 4.79 Å². The number of nitrogens with one attached hydrogen (secondary N) is 1. The Kier molecular flexibility index (Phi) is 7.58. The first-order valence-corrected chi connectivity index (χ1v) is 7.91. The molecule has 0 atom stereocenters. The summed E-state index contributed by atoms with van der Waals surface area (Å²) in [5, 5.41) is 11.5. The molecule has 1 aromatic heterocycles. The zero-order valence-corrected chi connectivity index (χ0v) is 12.0. The molecule has 3 nitrogen and oxygen atoms in total. The Balaban J connectivity index is 2.36. The Labute approximate surface area is 116 Å². The van der Waals surface area contributed by atoms with E-state index in [-0.39, 0.29) is 12.5 Å². The number of carbonyl (C=O) groups is 1. The van der Waals surface area contributed by atoms with Crippen molar-refractivity contribution in [3.8, 4) is 11.8 Å². The maximum atomic E-state index is 11.4. The molecule has 0 aliphatic heterocycles. The van der Waals surface area contributed by atoms with Gasteiger partial charge in [0.1, 0.15) is 0 Å². The smallest absolute Gasteiger partial charge is 0.221 e. The third kappa shape index (κ3) is 6.10. The topological polar surface area (TPSA) is 49.3 Å². The van der Waals surface area contributed by atoms with Crippen molar-refractivity contribution in [2.75, 3.05) is 18.6 Å². The van der Waals surface area contributed by atoms with Gasteiger partial charge in [-0.3, -0.25) is 4.79 Å². The second-order valence-electron chi connectivity index (χ2n) is 3.56. The van der Waals surface area contributed by atoms with E-state index in [2.05, 4.69) is 17.2 Å². The normalized spacial score (nSPS) is 9.67. The van der Waals surface area contributed by atoms with Crippen molar-refractivity contribution in [3.63, 3.8) is 0 Å². The van der Waals surface area contributed by atoms with Crippen molar-refractivity contribution in [2.24, 2.45) is 0 Å². The molecular formula is C13H17NO2S2. The van der Waals surface area contributed by atoms with Crippen molar-refractivity contribution in [1.82, 2.24) is 5.32 Å². The lowest BCUT2D eigenvalue weighted by Crippen LogP contribution is -2.22. The quantitative estimate of drug-likeness (QED) is 0.783. The van der Waals surface area contributed by atoms with Gasteiger partial charge in [0.25, 0.3) is 0 Å². The highest BCUT2D eigenvalue weighted by Gasteiger charge is 2.02. The number of aliphatic hydroxyl groups excluding tert-OH is 1. The molecule has 0 aromatic carbocycles. The van der Waals surface area contributed by atoms with Gasteiger partial charge < -0.3 is 10.4 Å². The molecule has 0 aliphatic carbocycles. The summed E-state index contributed by atoms with van der Waals surface area (Å²) < 4.78 is 0. The van der Waals surface area contributed by atoms with Crippen molar-refractivity contribution in [2.45, 2.75) is 19.4 Å². The number of aliphatic hydroxyl groups is 1. The fourth-order valence-corrected chi connectivity index (χ4v) is 2.43. The van der Waals surface area contributed by atoms with Crippen LogP contribution in [-0.4, -0.2) is 29.6 Å². The van der Waals surface area contributed by atoms with Crippen LogP contribution in [0.3, 0.4) is 0 Å². The average Bonchev–Trinajstić information content (AvgIpc) is 2.82. The molecule has 0 bridgehead atoms. The molecule has 0 saturated carbocycles. The van der Waals surface area contributed by atoms with Gasteiger partial charge in [-0.1, -0.05) is 11.8 Å². The number of hydrogen-bond donors (Lipinski definition) is 2. The third-order valence-electron chi connectivity index (χ3n) is 2.10. The second-order valence-corrected chi connectivity index (χ2v) is 5.71. The first-order valence-electron chi connectivity index (χ1n) is 5.70. The van der Waals surface area contributed by atoms with Crippen LogP contribution in [0.1, 0.15) is 22.6 Å². The largest absolute Gasteiger partial charge is 0.395 e. The molecule has 0 unspecified atom stereocenters. The Morgan fingerprint density at radius 2 is 2.39 bits per heavy atom. The summed E-state index contributed by atoms with van der Waals surface area (Å²) in [5.41, 5.74) is 0. The van der Waals surface area contributed by atoms with Crippen LogP contribution in [0.4, 0.5) is 0 Å². The summed E-state index contributed by atoms with van der Waals surface area (Å²) in [6.07, 6.45) is 3.05. The molecule has 0 aliphatic rings. The lowest BCUT2D eigenvalue weighted by molar-refractivity contribution is -0.120. The number of thioether (sulfide) groups is 1. The summed E-state index contributed by atoms with van der Waals surface area (Å²) in [6.45, 7) is 0.663. The van der Waals surface area contributed by atoms with Crippen LogP contribution in [0.5, 0.6) is 0 Å². The Morgan fingerprint density at radius 3 is 3.11 bits per heavy atom. The predicted molar refractivity (Wildman–Crippen MR) is 77.7 cm³/mol. The van der Waals surface area contributed by atoms with E-state index in [0.29, 0.717) is 19.4 Å².